The van der Waals surface area contributed by atoms with Gasteiger partial charge < -0.3 is 9.84 Å². The molecule has 0 unspecified atom stereocenters. The molecule has 1 N–H and O–H groups in total. The first-order valence-electron chi connectivity index (χ1n) is 5.81. The molecular weight excluding hydrogens is 339 g/mol. The molecule has 0 spiro atoms. The van der Waals surface area contributed by atoms with Crippen LogP contribution in [0, 0.1) is 3.57 Å². The van der Waals surface area contributed by atoms with Crippen LogP contribution in [0.4, 0.5) is 0 Å². The van der Waals surface area contributed by atoms with E-state index in [0.29, 0.717) is 6.61 Å². The van der Waals surface area contributed by atoms with Gasteiger partial charge in [0.1, 0.15) is 12.4 Å². The van der Waals surface area contributed by atoms with Gasteiger partial charge in [-0.1, -0.05) is 42.5 Å². The third-order valence-electron chi connectivity index (χ3n) is 2.68. The molecule has 3 heteroatoms. The molecule has 0 heterocycles. The van der Waals surface area contributed by atoms with Crippen molar-refractivity contribution in [3.05, 3.63) is 63.2 Å². The molecule has 2 aromatic carbocycles. The maximum Gasteiger partial charge on any atom is 0.133 e. The molecule has 0 aliphatic carbocycles. The average Bonchev–Trinajstić information content (AvgIpc) is 2.38. The highest BCUT2D eigenvalue weighted by molar-refractivity contribution is 14.1. The van der Waals surface area contributed by atoms with Crippen LogP contribution in [-0.2, 0) is 6.61 Å². The molecule has 0 aliphatic rings. The lowest BCUT2D eigenvalue weighted by Gasteiger charge is -2.13. The molecular formula is C15H15IO2. The maximum atomic E-state index is 9.65. The summed E-state index contributed by atoms with van der Waals surface area (Å²) in [6, 6.07) is 15.8. The summed E-state index contributed by atoms with van der Waals surface area (Å²) in [6.07, 6.45) is -0.475. The van der Waals surface area contributed by atoms with E-state index in [1.807, 2.05) is 48.5 Å². The summed E-state index contributed by atoms with van der Waals surface area (Å²) in [7, 11) is 0. The van der Waals surface area contributed by atoms with E-state index >= 15 is 0 Å². The summed E-state index contributed by atoms with van der Waals surface area (Å²) in [6.45, 7) is 2.30. The highest BCUT2D eigenvalue weighted by Gasteiger charge is 2.10. The lowest BCUT2D eigenvalue weighted by molar-refractivity contribution is 0.197. The molecule has 2 rings (SSSR count). The monoisotopic (exact) mass is 354 g/mol. The van der Waals surface area contributed by atoms with Crippen molar-refractivity contribution >= 4 is 22.6 Å². The van der Waals surface area contributed by atoms with Gasteiger partial charge in [-0.25, -0.2) is 0 Å². The fourth-order valence-electron chi connectivity index (χ4n) is 1.70. The molecule has 0 amide bonds. The van der Waals surface area contributed by atoms with Crippen LogP contribution in [0.3, 0.4) is 0 Å². The summed E-state index contributed by atoms with van der Waals surface area (Å²) in [5.41, 5.74) is 2.04. The van der Waals surface area contributed by atoms with Crippen LogP contribution in [0.1, 0.15) is 24.2 Å². The fourth-order valence-corrected chi connectivity index (χ4v) is 2.66. The van der Waals surface area contributed by atoms with Crippen molar-refractivity contribution in [2.45, 2.75) is 19.6 Å². The normalized spacial score (nSPS) is 12.2. The third kappa shape index (κ3) is 3.23. The van der Waals surface area contributed by atoms with Crippen molar-refractivity contribution < 1.29 is 9.84 Å². The van der Waals surface area contributed by atoms with Crippen molar-refractivity contribution in [1.29, 1.82) is 0 Å². The lowest BCUT2D eigenvalue weighted by atomic mass is 10.1. The first-order chi connectivity index (χ1) is 8.68. The molecule has 0 saturated heterocycles. The van der Waals surface area contributed by atoms with Crippen LogP contribution in [0.2, 0.25) is 0 Å². The van der Waals surface area contributed by atoms with Crippen LogP contribution in [0.25, 0.3) is 0 Å². The van der Waals surface area contributed by atoms with Gasteiger partial charge in [-0.3, -0.25) is 0 Å². The minimum absolute atomic E-state index is 0.475. The number of hydrogen-bond acceptors (Lipinski definition) is 2. The number of aliphatic hydroxyl groups excluding tert-OH is 1. The zero-order valence-electron chi connectivity index (χ0n) is 10.1. The molecule has 2 aromatic rings. The predicted molar refractivity (Wildman–Crippen MR) is 80.6 cm³/mol. The molecule has 18 heavy (non-hydrogen) atoms. The Morgan fingerprint density at radius 3 is 2.50 bits per heavy atom. The van der Waals surface area contributed by atoms with Crippen LogP contribution in [0.5, 0.6) is 5.75 Å². The molecule has 0 radical (unpaired) electrons. The quantitative estimate of drug-likeness (QED) is 0.844. The van der Waals surface area contributed by atoms with E-state index < -0.39 is 6.10 Å². The standard InChI is InChI=1S/C15H15IO2/c1-11(17)13-8-5-9-14(15(13)16)18-10-12-6-3-2-4-7-12/h2-9,11,17H,10H2,1H3/t11-/m0/s1. The first-order valence-corrected chi connectivity index (χ1v) is 6.89. The van der Waals surface area contributed by atoms with E-state index in [9.17, 15) is 5.11 Å². The summed E-state index contributed by atoms with van der Waals surface area (Å²) in [5, 5.41) is 9.65. The molecule has 2 nitrogen and oxygen atoms in total. The lowest BCUT2D eigenvalue weighted by Crippen LogP contribution is -2.00. The molecule has 0 bridgehead atoms. The first kappa shape index (κ1) is 13.4. The smallest absolute Gasteiger partial charge is 0.133 e. The molecule has 0 fully saturated rings. The van der Waals surface area contributed by atoms with E-state index in [1.54, 1.807) is 6.92 Å². The number of halogens is 1. The topological polar surface area (TPSA) is 29.5 Å². The average molecular weight is 354 g/mol. The van der Waals surface area contributed by atoms with Gasteiger partial charge in [0.05, 0.1) is 9.67 Å². The van der Waals surface area contributed by atoms with Gasteiger partial charge in [-0.2, -0.15) is 0 Å². The molecule has 94 valence electrons. The number of hydrogen-bond donors (Lipinski definition) is 1. The van der Waals surface area contributed by atoms with Crippen LogP contribution < -0.4 is 4.74 Å². The summed E-state index contributed by atoms with van der Waals surface area (Å²) in [5.74, 6) is 0.817. The number of aliphatic hydroxyl groups is 1. The van der Waals surface area contributed by atoms with Crippen molar-refractivity contribution in [1.82, 2.24) is 0 Å². The Hall–Kier alpha value is -1.07. The van der Waals surface area contributed by atoms with Gasteiger partial charge in [0.15, 0.2) is 0 Å². The van der Waals surface area contributed by atoms with Gasteiger partial charge in [0, 0.05) is 0 Å². The van der Waals surface area contributed by atoms with Gasteiger partial charge in [-0.05, 0) is 46.7 Å². The highest BCUT2D eigenvalue weighted by Crippen LogP contribution is 2.28. The Kier molecular flexibility index (Phi) is 4.60. The van der Waals surface area contributed by atoms with Crippen molar-refractivity contribution in [3.63, 3.8) is 0 Å². The van der Waals surface area contributed by atoms with Crippen LogP contribution in [0.15, 0.2) is 48.5 Å². The Balaban J connectivity index is 2.13. The summed E-state index contributed by atoms with van der Waals surface area (Å²) in [4.78, 5) is 0. The minimum Gasteiger partial charge on any atom is -0.488 e. The Morgan fingerprint density at radius 1 is 1.11 bits per heavy atom. The zero-order valence-corrected chi connectivity index (χ0v) is 12.3. The third-order valence-corrected chi connectivity index (χ3v) is 3.83. The Morgan fingerprint density at radius 2 is 1.83 bits per heavy atom. The second-order valence-corrected chi connectivity index (χ2v) is 5.19. The maximum absolute atomic E-state index is 9.65. The van der Waals surface area contributed by atoms with Crippen molar-refractivity contribution in [3.8, 4) is 5.75 Å². The zero-order chi connectivity index (χ0) is 13.0. The highest BCUT2D eigenvalue weighted by atomic mass is 127. The minimum atomic E-state index is -0.475. The molecule has 0 aromatic heterocycles. The summed E-state index contributed by atoms with van der Waals surface area (Å²) >= 11 is 2.21. The van der Waals surface area contributed by atoms with Crippen LogP contribution >= 0.6 is 22.6 Å². The Labute approximate surface area is 121 Å². The van der Waals surface area contributed by atoms with E-state index in [-0.39, 0.29) is 0 Å². The van der Waals surface area contributed by atoms with Gasteiger partial charge in [0.2, 0.25) is 0 Å². The van der Waals surface area contributed by atoms with Crippen molar-refractivity contribution in [2.24, 2.45) is 0 Å². The van der Waals surface area contributed by atoms with Gasteiger partial charge in [0.25, 0.3) is 0 Å². The summed E-state index contributed by atoms with van der Waals surface area (Å²) < 4.78 is 6.77. The molecule has 1 atom stereocenters. The second-order valence-electron chi connectivity index (χ2n) is 4.11. The van der Waals surface area contributed by atoms with E-state index in [4.69, 9.17) is 4.74 Å². The molecule has 0 aliphatic heterocycles. The number of rotatable bonds is 4. The Bertz CT molecular complexity index is 509. The molecule has 0 saturated carbocycles. The van der Waals surface area contributed by atoms with E-state index in [2.05, 4.69) is 22.6 Å². The second kappa shape index (κ2) is 6.20. The van der Waals surface area contributed by atoms with Crippen molar-refractivity contribution in [2.75, 3.05) is 0 Å². The van der Waals surface area contributed by atoms with E-state index in [0.717, 1.165) is 20.4 Å². The van der Waals surface area contributed by atoms with Crippen LogP contribution in [-0.4, -0.2) is 5.11 Å². The largest absolute Gasteiger partial charge is 0.488 e. The fraction of sp³-hybridized carbons (Fsp3) is 0.200. The van der Waals surface area contributed by atoms with Gasteiger partial charge >= 0.3 is 0 Å². The SMILES string of the molecule is C[C@H](O)c1cccc(OCc2ccccc2)c1I. The number of benzene rings is 2. The van der Waals surface area contributed by atoms with Gasteiger partial charge in [-0.15, -0.1) is 0 Å². The van der Waals surface area contributed by atoms with E-state index in [1.165, 1.54) is 0 Å². The predicted octanol–water partition coefficient (Wildman–Crippen LogP) is 3.92. The number of ether oxygens (including phenoxy) is 1.